The minimum absolute atomic E-state index is 0. The van der Waals surface area contributed by atoms with Gasteiger partial charge in [-0.05, 0) is 49.5 Å². The summed E-state index contributed by atoms with van der Waals surface area (Å²) in [4.78, 5) is 23.0. The van der Waals surface area contributed by atoms with Crippen LogP contribution in [0.4, 0.5) is 0 Å². The van der Waals surface area contributed by atoms with Gasteiger partial charge in [0.1, 0.15) is 0 Å². The summed E-state index contributed by atoms with van der Waals surface area (Å²) < 4.78 is 4.54. The van der Waals surface area contributed by atoms with Gasteiger partial charge in [0.05, 0.1) is 13.5 Å². The second-order valence-electron chi connectivity index (χ2n) is 5.35. The molecule has 122 valence electrons. The molecule has 0 radical (unpaired) electrons. The number of nitrogens with one attached hydrogen (secondary N) is 2. The van der Waals surface area contributed by atoms with Crippen molar-refractivity contribution in [2.45, 2.75) is 19.3 Å². The number of rotatable bonds is 6. The fourth-order valence-electron chi connectivity index (χ4n) is 2.54. The summed E-state index contributed by atoms with van der Waals surface area (Å²) in [7, 11) is 1.34. The molecule has 1 aromatic rings. The van der Waals surface area contributed by atoms with Gasteiger partial charge in [-0.15, -0.1) is 12.4 Å². The summed E-state index contributed by atoms with van der Waals surface area (Å²) in [5.74, 6) is 0.186. The van der Waals surface area contributed by atoms with Crippen molar-refractivity contribution in [3.05, 3.63) is 35.4 Å². The molecule has 1 unspecified atom stereocenters. The van der Waals surface area contributed by atoms with Crippen LogP contribution in [0.1, 0.15) is 28.8 Å². The van der Waals surface area contributed by atoms with Crippen LogP contribution in [0.15, 0.2) is 24.3 Å². The number of esters is 1. The van der Waals surface area contributed by atoms with Crippen LogP contribution in [0.2, 0.25) is 0 Å². The summed E-state index contributed by atoms with van der Waals surface area (Å²) in [5, 5.41) is 6.08. The molecule has 0 aliphatic carbocycles. The molecule has 6 heteroatoms. The van der Waals surface area contributed by atoms with Crippen LogP contribution in [-0.2, 0) is 16.0 Å². The molecule has 2 rings (SSSR count). The number of methoxy groups -OCH3 is 1. The summed E-state index contributed by atoms with van der Waals surface area (Å²) in [5.41, 5.74) is 1.83. The molecule has 5 nitrogen and oxygen atoms in total. The Labute approximate surface area is 137 Å². The van der Waals surface area contributed by atoms with Gasteiger partial charge in [0.15, 0.2) is 0 Å². The van der Waals surface area contributed by atoms with Crippen molar-refractivity contribution in [1.82, 2.24) is 10.6 Å². The summed E-state index contributed by atoms with van der Waals surface area (Å²) in [6, 6.07) is 7.70. The zero-order valence-electron chi connectivity index (χ0n) is 12.8. The second-order valence-corrected chi connectivity index (χ2v) is 5.35. The number of hydrogen-bond donors (Lipinski definition) is 2. The lowest BCUT2D eigenvalue weighted by Crippen LogP contribution is -2.26. The predicted molar refractivity (Wildman–Crippen MR) is 87.3 cm³/mol. The zero-order chi connectivity index (χ0) is 15.1. The van der Waals surface area contributed by atoms with E-state index < -0.39 is 0 Å². The van der Waals surface area contributed by atoms with Crippen molar-refractivity contribution in [3.63, 3.8) is 0 Å². The lowest BCUT2D eigenvalue weighted by atomic mass is 9.97. The van der Waals surface area contributed by atoms with Crippen molar-refractivity contribution < 1.29 is 14.3 Å². The number of ether oxygens (including phenoxy) is 1. The van der Waals surface area contributed by atoms with Crippen molar-refractivity contribution in [3.8, 4) is 0 Å². The number of halogens is 1. The Morgan fingerprint density at radius 3 is 2.91 bits per heavy atom. The van der Waals surface area contributed by atoms with Gasteiger partial charge in [-0.3, -0.25) is 9.59 Å². The van der Waals surface area contributed by atoms with E-state index in [1.54, 1.807) is 6.07 Å². The summed E-state index contributed by atoms with van der Waals surface area (Å²) in [6.07, 6.45) is 2.38. The van der Waals surface area contributed by atoms with E-state index in [2.05, 4.69) is 21.4 Å². The Morgan fingerprint density at radius 2 is 2.23 bits per heavy atom. The predicted octanol–water partition coefficient (Wildman–Crippen LogP) is 1.55. The Balaban J connectivity index is 0.00000242. The first-order valence-electron chi connectivity index (χ1n) is 7.33. The highest BCUT2D eigenvalue weighted by Gasteiger charge is 2.15. The Bertz CT molecular complexity index is 502. The van der Waals surface area contributed by atoms with Gasteiger partial charge in [-0.2, -0.15) is 0 Å². The third kappa shape index (κ3) is 5.66. The molecule has 1 atom stereocenters. The molecule has 1 amide bonds. The first-order valence-corrected chi connectivity index (χ1v) is 7.33. The van der Waals surface area contributed by atoms with Crippen molar-refractivity contribution >= 4 is 24.3 Å². The van der Waals surface area contributed by atoms with Crippen molar-refractivity contribution in [2.75, 3.05) is 26.7 Å². The van der Waals surface area contributed by atoms with E-state index in [-0.39, 0.29) is 30.7 Å². The van der Waals surface area contributed by atoms with Crippen LogP contribution in [0, 0.1) is 5.92 Å². The topological polar surface area (TPSA) is 67.4 Å². The SMILES string of the molecule is COC(=O)CCNC(=O)c1cccc(CC2CCNC2)c1.Cl. The fourth-order valence-corrected chi connectivity index (χ4v) is 2.54. The highest BCUT2D eigenvalue weighted by atomic mass is 35.5. The largest absolute Gasteiger partial charge is 0.469 e. The molecule has 0 saturated carbocycles. The third-order valence-corrected chi connectivity index (χ3v) is 3.72. The van der Waals surface area contributed by atoms with Crippen molar-refractivity contribution in [1.29, 1.82) is 0 Å². The normalized spacial score (nSPS) is 16.7. The Morgan fingerprint density at radius 1 is 1.41 bits per heavy atom. The second kappa shape index (κ2) is 9.43. The van der Waals surface area contributed by atoms with Crippen LogP contribution in [0.25, 0.3) is 0 Å². The highest BCUT2D eigenvalue weighted by molar-refractivity contribution is 5.94. The number of hydrogen-bond acceptors (Lipinski definition) is 4. The lowest BCUT2D eigenvalue weighted by Gasteiger charge is -2.10. The molecule has 1 heterocycles. The van der Waals surface area contributed by atoms with E-state index in [0.717, 1.165) is 19.5 Å². The highest BCUT2D eigenvalue weighted by Crippen LogP contribution is 2.16. The van der Waals surface area contributed by atoms with Crippen LogP contribution in [-0.4, -0.2) is 38.6 Å². The molecule has 0 aromatic heterocycles. The molecule has 0 spiro atoms. The minimum atomic E-state index is -0.321. The van der Waals surface area contributed by atoms with Gasteiger partial charge in [0.2, 0.25) is 0 Å². The fraction of sp³-hybridized carbons (Fsp3) is 0.500. The molecule has 1 fully saturated rings. The standard InChI is InChI=1S/C16H22N2O3.ClH/c1-21-15(19)6-8-18-16(20)14-4-2-3-12(10-14)9-13-5-7-17-11-13;/h2-4,10,13,17H,5-9,11H2,1H3,(H,18,20);1H. The maximum Gasteiger partial charge on any atom is 0.307 e. The van der Waals surface area contributed by atoms with E-state index in [0.29, 0.717) is 18.0 Å². The number of benzene rings is 1. The van der Waals surface area contributed by atoms with E-state index >= 15 is 0 Å². The molecule has 22 heavy (non-hydrogen) atoms. The summed E-state index contributed by atoms with van der Waals surface area (Å²) in [6.45, 7) is 2.43. The number of amides is 1. The minimum Gasteiger partial charge on any atom is -0.469 e. The van der Waals surface area contributed by atoms with Crippen molar-refractivity contribution in [2.24, 2.45) is 5.92 Å². The van der Waals surface area contributed by atoms with E-state index in [1.807, 2.05) is 12.1 Å². The van der Waals surface area contributed by atoms with Gasteiger partial charge in [0, 0.05) is 12.1 Å². The number of carbonyl (C=O) groups excluding carboxylic acids is 2. The van der Waals surface area contributed by atoms with Gasteiger partial charge < -0.3 is 15.4 Å². The van der Waals surface area contributed by atoms with E-state index in [4.69, 9.17) is 0 Å². The first kappa shape index (κ1) is 18.5. The van der Waals surface area contributed by atoms with Crippen LogP contribution in [0.5, 0.6) is 0 Å². The van der Waals surface area contributed by atoms with Gasteiger partial charge >= 0.3 is 5.97 Å². The summed E-state index contributed by atoms with van der Waals surface area (Å²) >= 11 is 0. The molecule has 1 aromatic carbocycles. The third-order valence-electron chi connectivity index (χ3n) is 3.72. The van der Waals surface area contributed by atoms with E-state index in [9.17, 15) is 9.59 Å². The van der Waals surface area contributed by atoms with Crippen LogP contribution < -0.4 is 10.6 Å². The lowest BCUT2D eigenvalue weighted by molar-refractivity contribution is -0.140. The van der Waals surface area contributed by atoms with Gasteiger partial charge in [0.25, 0.3) is 5.91 Å². The molecule has 1 aliphatic rings. The zero-order valence-corrected chi connectivity index (χ0v) is 13.6. The van der Waals surface area contributed by atoms with Crippen LogP contribution >= 0.6 is 12.4 Å². The average molecular weight is 327 g/mol. The molecular weight excluding hydrogens is 304 g/mol. The molecule has 1 saturated heterocycles. The molecule has 0 bridgehead atoms. The van der Waals surface area contributed by atoms with Crippen LogP contribution in [0.3, 0.4) is 0 Å². The van der Waals surface area contributed by atoms with E-state index in [1.165, 1.54) is 19.1 Å². The molecule has 2 N–H and O–H groups in total. The number of carbonyl (C=O) groups is 2. The molecule has 1 aliphatic heterocycles. The smallest absolute Gasteiger partial charge is 0.307 e. The Hall–Kier alpha value is -1.59. The average Bonchev–Trinajstić information content (AvgIpc) is 3.00. The maximum atomic E-state index is 12.0. The maximum absolute atomic E-state index is 12.0. The van der Waals surface area contributed by atoms with Gasteiger partial charge in [-0.1, -0.05) is 12.1 Å². The molecular formula is C16H23ClN2O3. The van der Waals surface area contributed by atoms with Gasteiger partial charge in [-0.25, -0.2) is 0 Å². The Kier molecular flexibility index (Phi) is 7.91. The monoisotopic (exact) mass is 326 g/mol. The first-order chi connectivity index (χ1) is 10.2. The quantitative estimate of drug-likeness (QED) is 0.778.